The molecule has 168 valence electrons. The fourth-order valence-corrected chi connectivity index (χ4v) is 5.69. The minimum Gasteiger partial charge on any atom is -0.369 e. The molecular formula is C26H32N4S2. The lowest BCUT2D eigenvalue weighted by atomic mass is 10.0. The molecule has 1 aliphatic rings. The van der Waals surface area contributed by atoms with Crippen molar-refractivity contribution in [3.05, 3.63) is 82.0 Å². The van der Waals surface area contributed by atoms with Crippen LogP contribution in [-0.2, 0) is 0 Å². The second-order valence-electron chi connectivity index (χ2n) is 8.45. The van der Waals surface area contributed by atoms with Gasteiger partial charge in [0.25, 0.3) is 0 Å². The molecule has 0 amide bonds. The van der Waals surface area contributed by atoms with E-state index in [1.54, 1.807) is 0 Å². The monoisotopic (exact) mass is 464 g/mol. The molecule has 6 heteroatoms. The lowest BCUT2D eigenvalue weighted by Gasteiger charge is -2.42. The highest BCUT2D eigenvalue weighted by Crippen LogP contribution is 2.30. The number of nitrogens with zero attached hydrogens (tertiary/aromatic N) is 2. The van der Waals surface area contributed by atoms with Crippen molar-refractivity contribution in [1.29, 1.82) is 0 Å². The summed E-state index contributed by atoms with van der Waals surface area (Å²) < 4.78 is 0. The van der Waals surface area contributed by atoms with Crippen LogP contribution in [-0.4, -0.2) is 42.2 Å². The fourth-order valence-electron chi connectivity index (χ4n) is 4.43. The van der Waals surface area contributed by atoms with Crippen LogP contribution < -0.4 is 15.5 Å². The Balaban J connectivity index is 1.43. The predicted molar refractivity (Wildman–Crippen MR) is 142 cm³/mol. The topological polar surface area (TPSA) is 30.5 Å². The number of hydrogen-bond acceptors (Lipinski definition) is 4. The molecule has 4 rings (SSSR count). The van der Waals surface area contributed by atoms with Crippen molar-refractivity contribution in [2.75, 3.05) is 36.4 Å². The molecule has 2 atom stereocenters. The van der Waals surface area contributed by atoms with E-state index in [0.717, 1.165) is 31.9 Å². The summed E-state index contributed by atoms with van der Waals surface area (Å²) in [4.78, 5) is 6.46. The first-order chi connectivity index (χ1) is 15.5. The van der Waals surface area contributed by atoms with Crippen LogP contribution in [0.5, 0.6) is 0 Å². The predicted octanol–water partition coefficient (Wildman–Crippen LogP) is 5.60. The van der Waals surface area contributed by atoms with E-state index in [2.05, 4.69) is 107 Å². The van der Waals surface area contributed by atoms with Crippen molar-refractivity contribution in [3.8, 4) is 0 Å². The molecular weight excluding hydrogens is 432 g/mol. The Morgan fingerprint density at radius 3 is 2.38 bits per heavy atom. The number of rotatable bonds is 6. The molecule has 0 bridgehead atoms. The minimum absolute atomic E-state index is 0.182. The number of thiocarbonyl (C=S) groups is 1. The molecule has 0 radical (unpaired) electrons. The van der Waals surface area contributed by atoms with Crippen molar-refractivity contribution in [2.24, 2.45) is 0 Å². The molecule has 0 saturated carbocycles. The van der Waals surface area contributed by atoms with Gasteiger partial charge in [0.1, 0.15) is 0 Å². The van der Waals surface area contributed by atoms with Gasteiger partial charge in [0.15, 0.2) is 5.11 Å². The highest BCUT2D eigenvalue weighted by molar-refractivity contribution is 7.80. The summed E-state index contributed by atoms with van der Waals surface area (Å²) in [6.45, 7) is 10.6. The second-order valence-corrected chi connectivity index (χ2v) is 9.84. The van der Waals surface area contributed by atoms with Gasteiger partial charge in [-0.2, -0.15) is 0 Å². The molecule has 2 heterocycles. The van der Waals surface area contributed by atoms with E-state index in [4.69, 9.17) is 12.2 Å². The number of hydrogen-bond donors (Lipinski definition) is 2. The molecule has 4 nitrogen and oxygen atoms in total. The molecule has 1 fully saturated rings. The molecule has 1 aromatic heterocycles. The Labute approximate surface area is 201 Å². The number of piperazine rings is 1. The molecule has 0 aliphatic carbocycles. The first-order valence-corrected chi connectivity index (χ1v) is 12.5. The highest BCUT2D eigenvalue weighted by Gasteiger charge is 2.30. The molecule has 1 saturated heterocycles. The summed E-state index contributed by atoms with van der Waals surface area (Å²) in [6, 6.07) is 21.9. The second kappa shape index (κ2) is 10.5. The van der Waals surface area contributed by atoms with Gasteiger partial charge in [-0.05, 0) is 73.8 Å². The van der Waals surface area contributed by atoms with E-state index in [1.807, 2.05) is 11.3 Å². The molecule has 0 unspecified atom stereocenters. The summed E-state index contributed by atoms with van der Waals surface area (Å²) in [5, 5.41) is 9.83. The number of nitrogens with one attached hydrogen (secondary N) is 2. The van der Waals surface area contributed by atoms with Crippen LogP contribution in [0.2, 0.25) is 0 Å². The maximum atomic E-state index is 5.70. The maximum Gasteiger partial charge on any atom is 0.171 e. The van der Waals surface area contributed by atoms with E-state index >= 15 is 0 Å². The number of benzene rings is 2. The van der Waals surface area contributed by atoms with Crippen molar-refractivity contribution < 1.29 is 0 Å². The van der Waals surface area contributed by atoms with Crippen LogP contribution in [0.1, 0.15) is 29.0 Å². The van der Waals surface area contributed by atoms with E-state index in [-0.39, 0.29) is 12.1 Å². The third-order valence-corrected chi connectivity index (χ3v) is 7.51. The van der Waals surface area contributed by atoms with Gasteiger partial charge < -0.3 is 15.5 Å². The largest absolute Gasteiger partial charge is 0.369 e. The minimum atomic E-state index is 0.182. The maximum absolute atomic E-state index is 5.70. The summed E-state index contributed by atoms with van der Waals surface area (Å²) in [5.41, 5.74) is 4.87. The lowest BCUT2D eigenvalue weighted by Crippen LogP contribution is -2.52. The van der Waals surface area contributed by atoms with Gasteiger partial charge in [0.05, 0.1) is 6.04 Å². The number of para-hydroxylation sites is 1. The first kappa shape index (κ1) is 22.8. The molecule has 2 N–H and O–H groups in total. The van der Waals surface area contributed by atoms with Crippen LogP contribution in [0.15, 0.2) is 66.0 Å². The van der Waals surface area contributed by atoms with Gasteiger partial charge in [0.2, 0.25) is 0 Å². The SMILES string of the molecule is Cc1cccc(NC(=S)N[C@@H](C)[C@@H](c2cccs2)N2CCN(c3ccccc3)CC2)c1C. The van der Waals surface area contributed by atoms with Crippen molar-refractivity contribution >= 4 is 40.0 Å². The Hall–Kier alpha value is -2.41. The van der Waals surface area contributed by atoms with Crippen molar-refractivity contribution in [2.45, 2.75) is 32.9 Å². The van der Waals surface area contributed by atoms with Crippen LogP contribution in [0, 0.1) is 13.8 Å². The number of aryl methyl sites for hydroxylation is 1. The Morgan fingerprint density at radius 2 is 1.69 bits per heavy atom. The third kappa shape index (κ3) is 5.31. The molecule has 1 aliphatic heterocycles. The Kier molecular flexibility index (Phi) is 7.45. The fraction of sp³-hybridized carbons (Fsp3) is 0.346. The normalized spacial score (nSPS) is 16.4. The zero-order valence-corrected chi connectivity index (χ0v) is 20.7. The Bertz CT molecular complexity index is 1010. The zero-order valence-electron chi connectivity index (χ0n) is 19.0. The van der Waals surface area contributed by atoms with Crippen LogP contribution in [0.4, 0.5) is 11.4 Å². The Morgan fingerprint density at radius 1 is 0.938 bits per heavy atom. The highest BCUT2D eigenvalue weighted by atomic mass is 32.1. The van der Waals surface area contributed by atoms with Crippen molar-refractivity contribution in [1.82, 2.24) is 10.2 Å². The van der Waals surface area contributed by atoms with Gasteiger partial charge in [-0.3, -0.25) is 4.90 Å². The van der Waals surface area contributed by atoms with E-state index in [9.17, 15) is 0 Å². The van der Waals surface area contributed by atoms with E-state index < -0.39 is 0 Å². The standard InChI is InChI=1S/C26H32N4S2/c1-19-9-7-12-23(20(19)2)28-26(31)27-21(3)25(24-13-8-18-32-24)30-16-14-29(15-17-30)22-10-5-4-6-11-22/h4-13,18,21,25H,14-17H2,1-3H3,(H2,27,28,31)/t21-,25-/m0/s1. The first-order valence-electron chi connectivity index (χ1n) is 11.2. The quantitative estimate of drug-likeness (QED) is 0.464. The molecule has 3 aromatic rings. The van der Waals surface area contributed by atoms with E-state index in [1.165, 1.54) is 21.7 Å². The van der Waals surface area contributed by atoms with Crippen molar-refractivity contribution in [3.63, 3.8) is 0 Å². The summed E-state index contributed by atoms with van der Waals surface area (Å²) >= 11 is 7.53. The number of anilines is 2. The molecule has 32 heavy (non-hydrogen) atoms. The van der Waals surface area contributed by atoms with Gasteiger partial charge in [0, 0.05) is 48.5 Å². The van der Waals surface area contributed by atoms with Crippen LogP contribution in [0.3, 0.4) is 0 Å². The van der Waals surface area contributed by atoms with Crippen LogP contribution >= 0.6 is 23.6 Å². The average molecular weight is 465 g/mol. The van der Waals surface area contributed by atoms with Gasteiger partial charge >= 0.3 is 0 Å². The zero-order chi connectivity index (χ0) is 22.5. The van der Waals surface area contributed by atoms with Crippen LogP contribution in [0.25, 0.3) is 0 Å². The summed E-state index contributed by atoms with van der Waals surface area (Å²) in [7, 11) is 0. The van der Waals surface area contributed by atoms with Gasteiger partial charge in [-0.25, -0.2) is 0 Å². The number of thiophene rings is 1. The average Bonchev–Trinajstić information content (AvgIpc) is 3.32. The third-order valence-electron chi connectivity index (χ3n) is 6.35. The van der Waals surface area contributed by atoms with Gasteiger partial charge in [-0.1, -0.05) is 36.4 Å². The lowest BCUT2D eigenvalue weighted by molar-refractivity contribution is 0.163. The van der Waals surface area contributed by atoms with E-state index in [0.29, 0.717) is 5.11 Å². The summed E-state index contributed by atoms with van der Waals surface area (Å²) in [6.07, 6.45) is 0. The molecule has 0 spiro atoms. The molecule has 2 aromatic carbocycles. The smallest absolute Gasteiger partial charge is 0.171 e. The summed E-state index contributed by atoms with van der Waals surface area (Å²) in [5.74, 6) is 0. The van der Waals surface area contributed by atoms with Gasteiger partial charge in [-0.15, -0.1) is 11.3 Å².